The van der Waals surface area contributed by atoms with Crippen LogP contribution in [0.4, 0.5) is 5.69 Å². The van der Waals surface area contributed by atoms with E-state index in [1.165, 1.54) is 11.8 Å². The summed E-state index contributed by atoms with van der Waals surface area (Å²) < 4.78 is 5.13. The van der Waals surface area contributed by atoms with Crippen LogP contribution in [-0.2, 0) is 4.79 Å². The number of thioether (sulfide) groups is 1. The van der Waals surface area contributed by atoms with E-state index >= 15 is 0 Å². The number of para-hydroxylation sites is 2. The van der Waals surface area contributed by atoms with Gasteiger partial charge in [0.05, 0.1) is 25.2 Å². The highest BCUT2D eigenvalue weighted by atomic mass is 32.2. The number of ether oxygens (including phenoxy) is 1. The second-order valence-corrected chi connectivity index (χ2v) is 4.98. The van der Waals surface area contributed by atoms with E-state index in [1.54, 1.807) is 19.2 Å². The molecule has 0 spiro atoms. The van der Waals surface area contributed by atoms with Crippen molar-refractivity contribution in [1.29, 1.82) is 0 Å². The summed E-state index contributed by atoms with van der Waals surface area (Å²) in [5, 5.41) is 11.7. The Labute approximate surface area is 105 Å². The molecular formula is C12H17NO3S. The topological polar surface area (TPSA) is 58.6 Å². The van der Waals surface area contributed by atoms with Crippen LogP contribution in [0.2, 0.25) is 0 Å². The fraction of sp³-hybridized carbons (Fsp3) is 0.417. The first-order valence-electron chi connectivity index (χ1n) is 5.32. The number of carbonyl (C=O) groups excluding carboxylic acids is 1. The van der Waals surface area contributed by atoms with Crippen LogP contribution < -0.4 is 10.1 Å². The number of hydrogen-bond donors (Lipinski definition) is 2. The molecule has 0 aliphatic carbocycles. The van der Waals surface area contributed by atoms with Gasteiger partial charge in [0, 0.05) is 5.25 Å². The van der Waals surface area contributed by atoms with Gasteiger partial charge >= 0.3 is 0 Å². The summed E-state index contributed by atoms with van der Waals surface area (Å²) in [7, 11) is 1.56. The zero-order chi connectivity index (χ0) is 12.7. The summed E-state index contributed by atoms with van der Waals surface area (Å²) in [4.78, 5) is 11.6. The summed E-state index contributed by atoms with van der Waals surface area (Å²) in [6.45, 7) is 1.95. The molecule has 5 heteroatoms. The van der Waals surface area contributed by atoms with Gasteiger partial charge in [-0.3, -0.25) is 4.79 Å². The summed E-state index contributed by atoms with van der Waals surface area (Å²) in [5.41, 5.74) is 0.664. The monoisotopic (exact) mass is 255 g/mol. The highest BCUT2D eigenvalue weighted by Gasteiger charge is 2.08. The van der Waals surface area contributed by atoms with Gasteiger partial charge in [-0.1, -0.05) is 19.1 Å². The molecule has 1 aromatic rings. The van der Waals surface area contributed by atoms with Crippen LogP contribution in [0.1, 0.15) is 6.92 Å². The number of benzene rings is 1. The number of aliphatic hydroxyl groups is 1. The van der Waals surface area contributed by atoms with Gasteiger partial charge in [-0.2, -0.15) is 0 Å². The molecule has 4 nitrogen and oxygen atoms in total. The lowest BCUT2D eigenvalue weighted by molar-refractivity contribution is -0.113. The average Bonchev–Trinajstić information content (AvgIpc) is 2.36. The quantitative estimate of drug-likeness (QED) is 0.813. The summed E-state index contributed by atoms with van der Waals surface area (Å²) in [5.74, 6) is 0.862. The van der Waals surface area contributed by atoms with Gasteiger partial charge in [0.2, 0.25) is 5.91 Å². The van der Waals surface area contributed by atoms with Crippen molar-refractivity contribution in [2.45, 2.75) is 12.2 Å². The maximum absolute atomic E-state index is 11.6. The van der Waals surface area contributed by atoms with Crippen LogP contribution in [0.15, 0.2) is 24.3 Å². The largest absolute Gasteiger partial charge is 0.495 e. The highest BCUT2D eigenvalue weighted by Crippen LogP contribution is 2.23. The molecule has 0 aliphatic rings. The summed E-state index contributed by atoms with van der Waals surface area (Å²) >= 11 is 1.41. The van der Waals surface area contributed by atoms with Crippen molar-refractivity contribution in [3.05, 3.63) is 24.3 Å². The maximum atomic E-state index is 11.6. The lowest BCUT2D eigenvalue weighted by atomic mass is 10.3. The lowest BCUT2D eigenvalue weighted by Crippen LogP contribution is -2.17. The normalized spacial score (nSPS) is 11.9. The van der Waals surface area contributed by atoms with Gasteiger partial charge in [-0.25, -0.2) is 0 Å². The molecule has 0 radical (unpaired) electrons. The molecule has 0 aliphatic heterocycles. The molecule has 1 rings (SSSR count). The van der Waals surface area contributed by atoms with Crippen molar-refractivity contribution < 1.29 is 14.6 Å². The van der Waals surface area contributed by atoms with Gasteiger partial charge in [0.1, 0.15) is 5.75 Å². The van der Waals surface area contributed by atoms with Crippen LogP contribution in [0.3, 0.4) is 0 Å². The van der Waals surface area contributed by atoms with E-state index in [0.29, 0.717) is 17.2 Å². The van der Waals surface area contributed by atoms with Gasteiger partial charge in [0.15, 0.2) is 0 Å². The minimum atomic E-state index is -0.0974. The Morgan fingerprint density at radius 3 is 2.88 bits per heavy atom. The van der Waals surface area contributed by atoms with Gasteiger partial charge in [0.25, 0.3) is 0 Å². The number of nitrogens with one attached hydrogen (secondary N) is 1. The molecule has 17 heavy (non-hydrogen) atoms. The standard InChI is InChI=1S/C12H17NO3S/c1-9(7-14)17-8-12(15)13-10-5-3-4-6-11(10)16-2/h3-6,9,14H,7-8H2,1-2H3,(H,13,15). The number of methoxy groups -OCH3 is 1. The van der Waals surface area contributed by atoms with Crippen LogP contribution in [0, 0.1) is 0 Å². The van der Waals surface area contributed by atoms with Gasteiger partial charge in [-0.05, 0) is 12.1 Å². The van der Waals surface area contributed by atoms with Crippen LogP contribution in [0.25, 0.3) is 0 Å². The van der Waals surface area contributed by atoms with Gasteiger partial charge < -0.3 is 15.2 Å². The second-order valence-electron chi connectivity index (χ2n) is 3.55. The molecule has 0 bridgehead atoms. The fourth-order valence-corrected chi connectivity index (χ4v) is 1.82. The molecule has 0 saturated heterocycles. The second kappa shape index (κ2) is 7.19. The van der Waals surface area contributed by atoms with E-state index in [9.17, 15) is 4.79 Å². The minimum Gasteiger partial charge on any atom is -0.495 e. The van der Waals surface area contributed by atoms with Crippen LogP contribution >= 0.6 is 11.8 Å². The van der Waals surface area contributed by atoms with Crippen molar-refractivity contribution in [3.8, 4) is 5.75 Å². The Balaban J connectivity index is 2.50. The predicted molar refractivity (Wildman–Crippen MR) is 70.6 cm³/mol. The van der Waals surface area contributed by atoms with E-state index in [-0.39, 0.29) is 17.8 Å². The molecule has 0 saturated carbocycles. The number of hydrogen-bond acceptors (Lipinski definition) is 4. The summed E-state index contributed by atoms with van der Waals surface area (Å²) in [6.07, 6.45) is 0. The van der Waals surface area contributed by atoms with Crippen LogP contribution in [0.5, 0.6) is 5.75 Å². The van der Waals surface area contributed by atoms with Crippen molar-refractivity contribution in [1.82, 2.24) is 0 Å². The van der Waals surface area contributed by atoms with E-state index in [4.69, 9.17) is 9.84 Å². The third kappa shape index (κ3) is 4.66. The molecule has 1 aromatic carbocycles. The smallest absolute Gasteiger partial charge is 0.234 e. The van der Waals surface area contributed by atoms with Crippen LogP contribution in [-0.4, -0.2) is 35.7 Å². The Kier molecular flexibility index (Phi) is 5.86. The van der Waals surface area contributed by atoms with Crippen molar-refractivity contribution >= 4 is 23.4 Å². The zero-order valence-corrected chi connectivity index (χ0v) is 10.8. The average molecular weight is 255 g/mol. The zero-order valence-electron chi connectivity index (χ0n) is 9.97. The maximum Gasteiger partial charge on any atom is 0.234 e. The van der Waals surface area contributed by atoms with Gasteiger partial charge in [-0.15, -0.1) is 11.8 Å². The predicted octanol–water partition coefficient (Wildman–Crippen LogP) is 1.75. The van der Waals surface area contributed by atoms with E-state index in [1.807, 2.05) is 19.1 Å². The SMILES string of the molecule is COc1ccccc1NC(=O)CSC(C)CO. The molecule has 0 aromatic heterocycles. The number of amides is 1. The van der Waals surface area contributed by atoms with Crippen molar-refractivity contribution in [3.63, 3.8) is 0 Å². The molecule has 1 unspecified atom stereocenters. The van der Waals surface area contributed by atoms with Crippen molar-refractivity contribution in [2.75, 3.05) is 24.8 Å². The van der Waals surface area contributed by atoms with E-state index in [0.717, 1.165) is 0 Å². The van der Waals surface area contributed by atoms with Crippen molar-refractivity contribution in [2.24, 2.45) is 0 Å². The Bertz CT molecular complexity index is 371. The van der Waals surface area contributed by atoms with E-state index in [2.05, 4.69) is 5.32 Å². The highest BCUT2D eigenvalue weighted by molar-refractivity contribution is 8.00. The lowest BCUT2D eigenvalue weighted by Gasteiger charge is -2.11. The first-order chi connectivity index (χ1) is 8.17. The summed E-state index contributed by atoms with van der Waals surface area (Å²) in [6, 6.07) is 7.26. The van der Waals surface area contributed by atoms with E-state index < -0.39 is 0 Å². The third-order valence-electron chi connectivity index (χ3n) is 2.14. The Hall–Kier alpha value is -1.20. The molecule has 2 N–H and O–H groups in total. The number of anilines is 1. The Morgan fingerprint density at radius 1 is 1.53 bits per heavy atom. The molecule has 0 heterocycles. The first kappa shape index (κ1) is 13.9. The molecular weight excluding hydrogens is 238 g/mol. The Morgan fingerprint density at radius 2 is 2.24 bits per heavy atom. The third-order valence-corrected chi connectivity index (χ3v) is 3.28. The molecule has 0 fully saturated rings. The number of carbonyl (C=O) groups is 1. The first-order valence-corrected chi connectivity index (χ1v) is 6.37. The molecule has 94 valence electrons. The number of rotatable bonds is 6. The number of aliphatic hydroxyl groups excluding tert-OH is 1. The molecule has 1 amide bonds. The fourth-order valence-electron chi connectivity index (χ4n) is 1.20. The molecule has 1 atom stereocenters. The minimum absolute atomic E-state index is 0.0680.